The maximum absolute atomic E-state index is 12.6. The maximum Gasteiger partial charge on any atom is 0.331 e. The third kappa shape index (κ3) is 4.71. The van der Waals surface area contributed by atoms with Gasteiger partial charge in [-0.25, -0.2) is 4.79 Å². The van der Waals surface area contributed by atoms with Crippen molar-refractivity contribution >= 4 is 11.9 Å². The fourth-order valence-corrected chi connectivity index (χ4v) is 3.80. The number of para-hydroxylation sites is 1. The average Bonchev–Trinajstić information content (AvgIpc) is 2.99. The smallest absolute Gasteiger partial charge is 0.331 e. The number of ether oxygens (including phenoxy) is 2. The quantitative estimate of drug-likeness (QED) is 0.604. The zero-order chi connectivity index (χ0) is 19.8. The van der Waals surface area contributed by atoms with E-state index in [9.17, 15) is 9.59 Å². The van der Waals surface area contributed by atoms with E-state index in [4.69, 9.17) is 9.47 Å². The summed E-state index contributed by atoms with van der Waals surface area (Å²) in [5.74, 6) is -0.0422. The van der Waals surface area contributed by atoms with E-state index in [2.05, 4.69) is 5.32 Å². The van der Waals surface area contributed by atoms with E-state index in [0.717, 1.165) is 36.8 Å². The first-order chi connectivity index (χ1) is 13.6. The van der Waals surface area contributed by atoms with Crippen LogP contribution in [0.1, 0.15) is 38.5 Å². The lowest BCUT2D eigenvalue weighted by Gasteiger charge is -2.30. The van der Waals surface area contributed by atoms with Crippen LogP contribution in [0.4, 0.5) is 0 Å². The summed E-state index contributed by atoms with van der Waals surface area (Å²) in [6.45, 7) is -0.150. The first-order valence-electron chi connectivity index (χ1n) is 9.81. The summed E-state index contributed by atoms with van der Waals surface area (Å²) in [6, 6.07) is 17.5. The van der Waals surface area contributed by atoms with Crippen LogP contribution in [0.25, 0.3) is 11.1 Å². The monoisotopic (exact) mass is 381 g/mol. The van der Waals surface area contributed by atoms with E-state index >= 15 is 0 Å². The molecule has 1 aliphatic carbocycles. The van der Waals surface area contributed by atoms with Crippen LogP contribution in [-0.4, -0.2) is 31.1 Å². The molecule has 1 amide bonds. The molecule has 2 aromatic rings. The highest BCUT2D eigenvalue weighted by molar-refractivity contribution is 5.88. The van der Waals surface area contributed by atoms with Gasteiger partial charge in [0.25, 0.3) is 5.91 Å². The van der Waals surface area contributed by atoms with E-state index in [-0.39, 0.29) is 18.5 Å². The standard InChI is InChI=1S/C23H27NO4/c1-27-22(26)23(15-9-2-3-10-16-23)24-21(25)17-28-20-14-8-7-13-19(20)18-11-5-4-6-12-18/h4-8,11-14H,2-3,9-10,15-17H2,1H3,(H,24,25). The van der Waals surface area contributed by atoms with Crippen LogP contribution in [0.3, 0.4) is 0 Å². The van der Waals surface area contributed by atoms with Crippen LogP contribution in [0, 0.1) is 0 Å². The summed E-state index contributed by atoms with van der Waals surface area (Å²) in [7, 11) is 1.37. The second-order valence-corrected chi connectivity index (χ2v) is 7.19. The molecule has 0 aliphatic heterocycles. The molecular formula is C23H27NO4. The number of amides is 1. The molecule has 1 fully saturated rings. The second-order valence-electron chi connectivity index (χ2n) is 7.19. The number of benzene rings is 2. The zero-order valence-electron chi connectivity index (χ0n) is 16.3. The van der Waals surface area contributed by atoms with Gasteiger partial charge in [0.05, 0.1) is 7.11 Å². The summed E-state index contributed by atoms with van der Waals surface area (Å²) in [5.41, 5.74) is 1.01. The highest BCUT2D eigenvalue weighted by Crippen LogP contribution is 2.30. The molecule has 0 unspecified atom stereocenters. The Labute approximate surface area is 166 Å². The molecule has 28 heavy (non-hydrogen) atoms. The van der Waals surface area contributed by atoms with E-state index in [1.54, 1.807) is 0 Å². The van der Waals surface area contributed by atoms with Crippen molar-refractivity contribution in [2.75, 3.05) is 13.7 Å². The molecular weight excluding hydrogens is 354 g/mol. The van der Waals surface area contributed by atoms with Crippen molar-refractivity contribution < 1.29 is 19.1 Å². The molecule has 148 valence electrons. The number of carbonyl (C=O) groups is 2. The van der Waals surface area contributed by atoms with Gasteiger partial charge in [0.15, 0.2) is 6.61 Å². The topological polar surface area (TPSA) is 64.6 Å². The second kappa shape index (κ2) is 9.40. The molecule has 0 radical (unpaired) electrons. The van der Waals surface area contributed by atoms with Crippen molar-refractivity contribution in [3.63, 3.8) is 0 Å². The number of hydrogen-bond acceptors (Lipinski definition) is 4. The van der Waals surface area contributed by atoms with Gasteiger partial charge in [0.2, 0.25) is 0 Å². The normalized spacial score (nSPS) is 15.9. The Morgan fingerprint density at radius 2 is 1.57 bits per heavy atom. The highest BCUT2D eigenvalue weighted by atomic mass is 16.5. The van der Waals surface area contributed by atoms with Gasteiger partial charge in [-0.2, -0.15) is 0 Å². The highest BCUT2D eigenvalue weighted by Gasteiger charge is 2.41. The van der Waals surface area contributed by atoms with E-state index in [0.29, 0.717) is 18.6 Å². The Bertz CT molecular complexity index is 795. The first-order valence-corrected chi connectivity index (χ1v) is 9.81. The van der Waals surface area contributed by atoms with Crippen molar-refractivity contribution in [2.45, 2.75) is 44.1 Å². The van der Waals surface area contributed by atoms with Gasteiger partial charge in [0, 0.05) is 5.56 Å². The molecule has 0 bridgehead atoms. The van der Waals surface area contributed by atoms with E-state index in [1.807, 2.05) is 54.6 Å². The minimum absolute atomic E-state index is 0.150. The largest absolute Gasteiger partial charge is 0.483 e. The molecule has 5 heteroatoms. The summed E-state index contributed by atoms with van der Waals surface area (Å²) < 4.78 is 10.8. The summed E-state index contributed by atoms with van der Waals surface area (Å²) in [4.78, 5) is 25.0. The van der Waals surface area contributed by atoms with Crippen LogP contribution >= 0.6 is 0 Å². The van der Waals surface area contributed by atoms with Crippen LogP contribution in [0.5, 0.6) is 5.75 Å². The fraction of sp³-hybridized carbons (Fsp3) is 0.391. The van der Waals surface area contributed by atoms with E-state index < -0.39 is 5.54 Å². The zero-order valence-corrected chi connectivity index (χ0v) is 16.3. The van der Waals surface area contributed by atoms with Crippen molar-refractivity contribution in [3.8, 4) is 16.9 Å². The van der Waals surface area contributed by atoms with Gasteiger partial charge in [-0.05, 0) is 24.5 Å². The van der Waals surface area contributed by atoms with Crippen LogP contribution in [0.2, 0.25) is 0 Å². The Morgan fingerprint density at radius 1 is 0.929 bits per heavy atom. The Kier molecular flexibility index (Phi) is 6.69. The number of methoxy groups -OCH3 is 1. The van der Waals surface area contributed by atoms with Gasteiger partial charge in [-0.1, -0.05) is 74.2 Å². The molecule has 2 aromatic carbocycles. The molecule has 0 saturated heterocycles. The van der Waals surface area contributed by atoms with Crippen LogP contribution < -0.4 is 10.1 Å². The molecule has 1 saturated carbocycles. The lowest BCUT2D eigenvalue weighted by Crippen LogP contribution is -2.55. The Hall–Kier alpha value is -2.82. The molecule has 1 N–H and O–H groups in total. The summed E-state index contributed by atoms with van der Waals surface area (Å²) in [6.07, 6.45) is 5.13. The third-order valence-corrected chi connectivity index (χ3v) is 5.24. The van der Waals surface area contributed by atoms with Crippen molar-refractivity contribution in [1.82, 2.24) is 5.32 Å². The number of rotatable bonds is 6. The van der Waals surface area contributed by atoms with E-state index in [1.165, 1.54) is 7.11 Å². The predicted molar refractivity (Wildman–Crippen MR) is 108 cm³/mol. The molecule has 5 nitrogen and oxygen atoms in total. The van der Waals surface area contributed by atoms with Crippen molar-refractivity contribution in [3.05, 3.63) is 54.6 Å². The van der Waals surface area contributed by atoms with Crippen molar-refractivity contribution in [1.29, 1.82) is 0 Å². The molecule has 1 aliphatic rings. The number of esters is 1. The summed E-state index contributed by atoms with van der Waals surface area (Å²) >= 11 is 0. The Morgan fingerprint density at radius 3 is 2.25 bits per heavy atom. The Balaban J connectivity index is 1.69. The van der Waals surface area contributed by atoms with Gasteiger partial charge < -0.3 is 14.8 Å². The molecule has 0 atom stereocenters. The van der Waals surface area contributed by atoms with Gasteiger partial charge in [-0.15, -0.1) is 0 Å². The van der Waals surface area contributed by atoms with Crippen molar-refractivity contribution in [2.24, 2.45) is 0 Å². The molecule has 3 rings (SSSR count). The van der Waals surface area contributed by atoms with Crippen LogP contribution in [0.15, 0.2) is 54.6 Å². The lowest BCUT2D eigenvalue weighted by atomic mass is 9.90. The van der Waals surface area contributed by atoms with Gasteiger partial charge >= 0.3 is 5.97 Å². The molecule has 0 spiro atoms. The minimum Gasteiger partial charge on any atom is -0.483 e. The fourth-order valence-electron chi connectivity index (χ4n) is 3.80. The van der Waals surface area contributed by atoms with Gasteiger partial charge in [-0.3, -0.25) is 4.79 Å². The number of carbonyl (C=O) groups excluding carboxylic acids is 2. The maximum atomic E-state index is 12.6. The SMILES string of the molecule is COC(=O)C1(NC(=O)COc2ccccc2-c2ccccc2)CCCCCC1. The third-order valence-electron chi connectivity index (χ3n) is 5.24. The molecule has 0 aromatic heterocycles. The van der Waals surface area contributed by atoms with Gasteiger partial charge in [0.1, 0.15) is 11.3 Å². The number of hydrogen-bond donors (Lipinski definition) is 1. The number of nitrogens with one attached hydrogen (secondary N) is 1. The minimum atomic E-state index is -0.940. The predicted octanol–water partition coefficient (Wildman–Crippen LogP) is 4.11. The lowest BCUT2D eigenvalue weighted by molar-refractivity contribution is -0.152. The summed E-state index contributed by atoms with van der Waals surface area (Å²) in [5, 5.41) is 2.91. The first kappa shape index (κ1) is 19.9. The average molecular weight is 381 g/mol. The molecule has 0 heterocycles. The van der Waals surface area contributed by atoms with Crippen LogP contribution in [-0.2, 0) is 14.3 Å².